The van der Waals surface area contributed by atoms with Crippen LogP contribution < -0.4 is 5.56 Å². The van der Waals surface area contributed by atoms with Crippen molar-refractivity contribution in [1.29, 1.82) is 10.5 Å². The molecule has 98 valence electrons. The Labute approximate surface area is 117 Å². The van der Waals surface area contributed by atoms with Gasteiger partial charge in [-0.1, -0.05) is 30.3 Å². The lowest BCUT2D eigenvalue weighted by molar-refractivity contribution is 0.568. The van der Waals surface area contributed by atoms with Crippen LogP contribution in [-0.4, -0.2) is 4.57 Å². The Kier molecular flexibility index (Phi) is 3.98. The zero-order valence-electron chi connectivity index (χ0n) is 11.1. The van der Waals surface area contributed by atoms with E-state index < -0.39 is 0 Å². The van der Waals surface area contributed by atoms with Crippen LogP contribution in [0.5, 0.6) is 0 Å². The Hall–Kier alpha value is -2.85. The molecular formula is C16H13N3O. The summed E-state index contributed by atoms with van der Waals surface area (Å²) < 4.78 is 1.50. The number of nitriles is 2. The average Bonchev–Trinajstić information content (AvgIpc) is 2.50. The summed E-state index contributed by atoms with van der Waals surface area (Å²) in [6, 6.07) is 16.7. The standard InChI is InChI=1S/C16H13N3O/c1-12(9-17)11-19-15(13-5-3-2-4-6-13)8-7-14(10-18)16(19)20/h2-8,12H,11H2,1H3. The van der Waals surface area contributed by atoms with E-state index in [1.54, 1.807) is 13.0 Å². The second-order valence-electron chi connectivity index (χ2n) is 4.56. The lowest BCUT2D eigenvalue weighted by Gasteiger charge is -2.14. The fourth-order valence-corrected chi connectivity index (χ4v) is 2.02. The molecule has 0 amide bonds. The van der Waals surface area contributed by atoms with Crippen molar-refractivity contribution in [3.63, 3.8) is 0 Å². The summed E-state index contributed by atoms with van der Waals surface area (Å²) in [6.07, 6.45) is 0. The van der Waals surface area contributed by atoms with E-state index in [1.807, 2.05) is 36.4 Å². The molecule has 0 aliphatic heterocycles. The van der Waals surface area contributed by atoms with Gasteiger partial charge < -0.3 is 4.57 Å². The first-order valence-corrected chi connectivity index (χ1v) is 6.26. The summed E-state index contributed by atoms with van der Waals surface area (Å²) in [7, 11) is 0. The van der Waals surface area contributed by atoms with Gasteiger partial charge >= 0.3 is 0 Å². The van der Waals surface area contributed by atoms with Crippen LogP contribution in [0.1, 0.15) is 12.5 Å². The maximum atomic E-state index is 12.3. The molecule has 0 fully saturated rings. The summed E-state index contributed by atoms with van der Waals surface area (Å²) in [4.78, 5) is 12.3. The molecule has 1 aromatic carbocycles. The first-order chi connectivity index (χ1) is 9.67. The molecule has 2 rings (SSSR count). The van der Waals surface area contributed by atoms with E-state index in [0.29, 0.717) is 0 Å². The van der Waals surface area contributed by atoms with Gasteiger partial charge in [0.1, 0.15) is 11.6 Å². The SMILES string of the molecule is CC(C#N)Cn1c(-c2ccccc2)ccc(C#N)c1=O. The number of hydrogen-bond donors (Lipinski definition) is 0. The summed E-state index contributed by atoms with van der Waals surface area (Å²) in [6.45, 7) is 2.02. The molecular weight excluding hydrogens is 250 g/mol. The van der Waals surface area contributed by atoms with Crippen LogP contribution in [0, 0.1) is 28.6 Å². The van der Waals surface area contributed by atoms with Crippen LogP contribution in [0.3, 0.4) is 0 Å². The van der Waals surface area contributed by atoms with Crippen LogP contribution in [-0.2, 0) is 6.54 Å². The molecule has 1 atom stereocenters. The predicted octanol–water partition coefficient (Wildman–Crippen LogP) is 2.55. The van der Waals surface area contributed by atoms with Gasteiger partial charge in [-0.05, 0) is 24.6 Å². The molecule has 1 aromatic heterocycles. The second-order valence-corrected chi connectivity index (χ2v) is 4.56. The van der Waals surface area contributed by atoms with E-state index in [0.717, 1.165) is 11.3 Å². The predicted molar refractivity (Wildman–Crippen MR) is 75.6 cm³/mol. The number of aromatic nitrogens is 1. The highest BCUT2D eigenvalue weighted by molar-refractivity contribution is 5.60. The van der Waals surface area contributed by atoms with Gasteiger partial charge in [0.2, 0.25) is 0 Å². The summed E-state index contributed by atoms with van der Waals surface area (Å²) >= 11 is 0. The Morgan fingerprint density at radius 1 is 1.15 bits per heavy atom. The maximum absolute atomic E-state index is 12.3. The minimum atomic E-state index is -0.351. The minimum absolute atomic E-state index is 0.0924. The zero-order chi connectivity index (χ0) is 14.5. The second kappa shape index (κ2) is 5.86. The molecule has 20 heavy (non-hydrogen) atoms. The van der Waals surface area contributed by atoms with E-state index in [4.69, 9.17) is 10.5 Å². The van der Waals surface area contributed by atoms with Crippen molar-refractivity contribution in [2.24, 2.45) is 5.92 Å². The monoisotopic (exact) mass is 263 g/mol. The van der Waals surface area contributed by atoms with Gasteiger partial charge in [0.15, 0.2) is 0 Å². The third-order valence-corrected chi connectivity index (χ3v) is 3.04. The Balaban J connectivity index is 2.64. The fourth-order valence-electron chi connectivity index (χ4n) is 2.02. The van der Waals surface area contributed by atoms with Gasteiger partial charge in [-0.25, -0.2) is 0 Å². The van der Waals surface area contributed by atoms with Crippen molar-refractivity contribution in [2.45, 2.75) is 13.5 Å². The lowest BCUT2D eigenvalue weighted by Crippen LogP contribution is -2.26. The highest BCUT2D eigenvalue weighted by Crippen LogP contribution is 2.18. The molecule has 0 spiro atoms. The van der Waals surface area contributed by atoms with Crippen molar-refractivity contribution in [3.05, 3.63) is 58.4 Å². The average molecular weight is 263 g/mol. The lowest BCUT2D eigenvalue weighted by atomic mass is 10.1. The van der Waals surface area contributed by atoms with E-state index in [9.17, 15) is 4.79 Å². The third-order valence-electron chi connectivity index (χ3n) is 3.04. The summed E-state index contributed by atoms with van der Waals surface area (Å²) in [5.41, 5.74) is 1.35. The normalized spacial score (nSPS) is 11.3. The third kappa shape index (κ3) is 2.60. The van der Waals surface area contributed by atoms with E-state index >= 15 is 0 Å². The molecule has 0 saturated heterocycles. The van der Waals surface area contributed by atoms with Crippen LogP contribution in [0.2, 0.25) is 0 Å². The van der Waals surface area contributed by atoms with Crippen LogP contribution in [0.25, 0.3) is 11.3 Å². The van der Waals surface area contributed by atoms with E-state index in [1.165, 1.54) is 10.6 Å². The van der Waals surface area contributed by atoms with Gasteiger partial charge in [0, 0.05) is 6.54 Å². The van der Waals surface area contributed by atoms with E-state index in [-0.39, 0.29) is 23.6 Å². The molecule has 0 saturated carbocycles. The molecule has 0 bridgehead atoms. The van der Waals surface area contributed by atoms with Crippen LogP contribution in [0.15, 0.2) is 47.3 Å². The molecule has 4 nitrogen and oxygen atoms in total. The van der Waals surface area contributed by atoms with Crippen molar-refractivity contribution < 1.29 is 0 Å². The van der Waals surface area contributed by atoms with Gasteiger partial charge in [0.25, 0.3) is 5.56 Å². The summed E-state index contributed by atoms with van der Waals surface area (Å²) in [5.74, 6) is -0.302. The van der Waals surface area contributed by atoms with Gasteiger partial charge in [-0.15, -0.1) is 0 Å². The molecule has 0 aliphatic rings. The van der Waals surface area contributed by atoms with Crippen LogP contribution >= 0.6 is 0 Å². The highest BCUT2D eigenvalue weighted by atomic mass is 16.1. The van der Waals surface area contributed by atoms with Crippen molar-refractivity contribution >= 4 is 0 Å². The topological polar surface area (TPSA) is 69.6 Å². The Morgan fingerprint density at radius 3 is 2.45 bits per heavy atom. The first-order valence-electron chi connectivity index (χ1n) is 6.26. The number of nitrogens with zero attached hydrogens (tertiary/aromatic N) is 3. The van der Waals surface area contributed by atoms with Crippen molar-refractivity contribution in [3.8, 4) is 23.4 Å². The van der Waals surface area contributed by atoms with Gasteiger partial charge in [-0.2, -0.15) is 10.5 Å². The van der Waals surface area contributed by atoms with Gasteiger partial charge in [0.05, 0.1) is 17.7 Å². The number of hydrogen-bond acceptors (Lipinski definition) is 3. The Morgan fingerprint density at radius 2 is 1.85 bits per heavy atom. The van der Waals surface area contributed by atoms with Gasteiger partial charge in [-0.3, -0.25) is 4.79 Å². The molecule has 2 aromatic rings. The maximum Gasteiger partial charge on any atom is 0.268 e. The van der Waals surface area contributed by atoms with Crippen molar-refractivity contribution in [1.82, 2.24) is 4.57 Å². The molecule has 0 radical (unpaired) electrons. The fraction of sp³-hybridized carbons (Fsp3) is 0.188. The first kappa shape index (κ1) is 13.6. The minimum Gasteiger partial charge on any atom is -0.306 e. The highest BCUT2D eigenvalue weighted by Gasteiger charge is 2.12. The molecule has 1 heterocycles. The molecule has 4 heteroatoms. The van der Waals surface area contributed by atoms with E-state index in [2.05, 4.69) is 6.07 Å². The summed E-state index contributed by atoms with van der Waals surface area (Å²) in [5, 5.41) is 17.9. The number of pyridine rings is 1. The zero-order valence-corrected chi connectivity index (χ0v) is 11.1. The smallest absolute Gasteiger partial charge is 0.268 e. The number of benzene rings is 1. The molecule has 0 aliphatic carbocycles. The quantitative estimate of drug-likeness (QED) is 0.854. The molecule has 0 N–H and O–H groups in total. The van der Waals surface area contributed by atoms with Crippen molar-refractivity contribution in [2.75, 3.05) is 0 Å². The molecule has 1 unspecified atom stereocenters. The Bertz CT molecular complexity index is 748. The largest absolute Gasteiger partial charge is 0.306 e. The van der Waals surface area contributed by atoms with Crippen LogP contribution in [0.4, 0.5) is 0 Å². The number of rotatable bonds is 3.